The van der Waals surface area contributed by atoms with Crippen molar-refractivity contribution in [3.05, 3.63) is 17.0 Å². The van der Waals surface area contributed by atoms with Crippen LogP contribution in [0.5, 0.6) is 0 Å². The fourth-order valence-electron chi connectivity index (χ4n) is 1.83. The molecule has 3 nitrogen and oxygen atoms in total. The van der Waals surface area contributed by atoms with Crippen LogP contribution in [-0.4, -0.2) is 16.0 Å². The van der Waals surface area contributed by atoms with Crippen molar-refractivity contribution in [3.8, 4) is 0 Å². The van der Waals surface area contributed by atoms with Crippen LogP contribution in [0.4, 0.5) is 5.82 Å². The minimum atomic E-state index is 0.316. The maximum Gasteiger partial charge on any atom is 0.224 e. The molecule has 1 heterocycles. The first-order chi connectivity index (χ1) is 7.75. The molecule has 0 aliphatic heterocycles. The Morgan fingerprint density at radius 2 is 1.94 bits per heavy atom. The largest absolute Gasteiger partial charge is 0.367 e. The molecule has 1 fully saturated rings. The maximum atomic E-state index is 5.74. The van der Waals surface area contributed by atoms with Gasteiger partial charge in [0.25, 0.3) is 0 Å². The highest BCUT2D eigenvalue weighted by molar-refractivity contribution is 6.28. The van der Waals surface area contributed by atoms with E-state index in [2.05, 4.69) is 15.3 Å². The van der Waals surface area contributed by atoms with Crippen molar-refractivity contribution in [1.29, 1.82) is 0 Å². The molecule has 2 rings (SSSR count). The zero-order valence-electron chi connectivity index (χ0n) is 10.3. The van der Waals surface area contributed by atoms with Crippen LogP contribution in [0, 0.1) is 6.92 Å². The van der Waals surface area contributed by atoms with Crippen molar-refractivity contribution < 1.29 is 0 Å². The zero-order valence-corrected chi connectivity index (χ0v) is 11.0. The molecule has 1 aliphatic rings. The second-order valence-corrected chi connectivity index (χ2v) is 4.13. The van der Waals surface area contributed by atoms with E-state index < -0.39 is 0 Å². The highest BCUT2D eigenvalue weighted by Gasteiger charge is 2.15. The Morgan fingerprint density at radius 1 is 1.31 bits per heavy atom. The minimum Gasteiger partial charge on any atom is -0.367 e. The molecule has 0 saturated heterocycles. The molecule has 16 heavy (non-hydrogen) atoms. The zero-order chi connectivity index (χ0) is 12.0. The summed E-state index contributed by atoms with van der Waals surface area (Å²) in [5, 5.41) is 3.73. The quantitative estimate of drug-likeness (QED) is 0.800. The highest BCUT2D eigenvalue weighted by atomic mass is 35.5. The van der Waals surface area contributed by atoms with Crippen LogP contribution in [0.2, 0.25) is 5.28 Å². The second kappa shape index (κ2) is 6.69. The summed E-state index contributed by atoms with van der Waals surface area (Å²) in [6.45, 7) is 5.99. The third kappa shape index (κ3) is 3.63. The van der Waals surface area contributed by atoms with Crippen molar-refractivity contribution in [2.75, 3.05) is 5.32 Å². The van der Waals surface area contributed by atoms with E-state index in [1.54, 1.807) is 6.20 Å². The summed E-state index contributed by atoms with van der Waals surface area (Å²) in [6, 6.07) is 0.569. The van der Waals surface area contributed by atoms with E-state index in [4.69, 9.17) is 11.6 Å². The SMILES string of the molecule is CC.Cc1cnc(Cl)nc1NC1CCCC1. The van der Waals surface area contributed by atoms with Gasteiger partial charge in [-0.3, -0.25) is 0 Å². The Morgan fingerprint density at radius 3 is 2.56 bits per heavy atom. The fraction of sp³-hybridized carbons (Fsp3) is 0.667. The van der Waals surface area contributed by atoms with E-state index in [1.807, 2.05) is 20.8 Å². The van der Waals surface area contributed by atoms with E-state index in [1.165, 1.54) is 25.7 Å². The van der Waals surface area contributed by atoms with Crippen molar-refractivity contribution >= 4 is 17.4 Å². The summed E-state index contributed by atoms with van der Waals surface area (Å²) < 4.78 is 0. The molecule has 4 heteroatoms. The molecule has 0 aromatic carbocycles. The first kappa shape index (κ1) is 13.2. The van der Waals surface area contributed by atoms with E-state index in [0.29, 0.717) is 11.3 Å². The summed E-state index contributed by atoms with van der Waals surface area (Å²) in [5.41, 5.74) is 1.06. The van der Waals surface area contributed by atoms with Crippen LogP contribution in [0.25, 0.3) is 0 Å². The van der Waals surface area contributed by atoms with Crippen molar-refractivity contribution in [2.24, 2.45) is 0 Å². The van der Waals surface area contributed by atoms with Gasteiger partial charge in [-0.15, -0.1) is 0 Å². The predicted molar refractivity (Wildman–Crippen MR) is 69.0 cm³/mol. The smallest absolute Gasteiger partial charge is 0.224 e. The van der Waals surface area contributed by atoms with E-state index in [9.17, 15) is 0 Å². The lowest BCUT2D eigenvalue weighted by Gasteiger charge is -2.14. The number of halogens is 1. The van der Waals surface area contributed by atoms with Gasteiger partial charge in [0.15, 0.2) is 0 Å². The van der Waals surface area contributed by atoms with Crippen LogP contribution in [0.15, 0.2) is 6.20 Å². The number of aromatic nitrogens is 2. The number of nitrogens with zero attached hydrogens (tertiary/aromatic N) is 2. The van der Waals surface area contributed by atoms with E-state index >= 15 is 0 Å². The minimum absolute atomic E-state index is 0.316. The van der Waals surface area contributed by atoms with Gasteiger partial charge in [-0.05, 0) is 31.4 Å². The molecular weight excluding hydrogens is 222 g/mol. The molecular formula is C12H20ClN3. The van der Waals surface area contributed by atoms with E-state index in [-0.39, 0.29) is 0 Å². The predicted octanol–water partition coefficient (Wildman–Crippen LogP) is 3.82. The van der Waals surface area contributed by atoms with Crippen LogP contribution in [0.1, 0.15) is 45.1 Å². The third-order valence-corrected chi connectivity index (χ3v) is 2.82. The van der Waals surface area contributed by atoms with Crippen molar-refractivity contribution in [3.63, 3.8) is 0 Å². The third-order valence-electron chi connectivity index (χ3n) is 2.64. The van der Waals surface area contributed by atoms with Crippen molar-refractivity contribution in [2.45, 2.75) is 52.5 Å². The monoisotopic (exact) mass is 241 g/mol. The summed E-state index contributed by atoms with van der Waals surface area (Å²) in [6.07, 6.45) is 6.86. The van der Waals surface area contributed by atoms with Gasteiger partial charge in [0.1, 0.15) is 5.82 Å². The molecule has 0 amide bonds. The topological polar surface area (TPSA) is 37.8 Å². The lowest BCUT2D eigenvalue weighted by atomic mass is 10.2. The molecule has 0 spiro atoms. The molecule has 0 radical (unpaired) electrons. The molecule has 1 aliphatic carbocycles. The van der Waals surface area contributed by atoms with Gasteiger partial charge in [0.05, 0.1) is 0 Å². The van der Waals surface area contributed by atoms with Crippen LogP contribution in [-0.2, 0) is 0 Å². The number of hydrogen-bond acceptors (Lipinski definition) is 3. The summed E-state index contributed by atoms with van der Waals surface area (Å²) in [5.74, 6) is 0.886. The van der Waals surface area contributed by atoms with Crippen LogP contribution >= 0.6 is 11.6 Å². The molecule has 1 saturated carbocycles. The average molecular weight is 242 g/mol. The highest BCUT2D eigenvalue weighted by Crippen LogP contribution is 2.23. The second-order valence-electron chi connectivity index (χ2n) is 3.80. The Balaban J connectivity index is 0.000000606. The summed E-state index contributed by atoms with van der Waals surface area (Å²) in [4.78, 5) is 8.11. The summed E-state index contributed by atoms with van der Waals surface area (Å²) >= 11 is 5.74. The van der Waals surface area contributed by atoms with Gasteiger partial charge >= 0.3 is 0 Å². The Kier molecular flexibility index (Phi) is 5.53. The standard InChI is InChI=1S/C10H14ClN3.C2H6/c1-7-6-12-10(11)14-9(7)13-8-4-2-3-5-8;1-2/h6,8H,2-5H2,1H3,(H,12,13,14);1-2H3. The van der Waals surface area contributed by atoms with Gasteiger partial charge in [-0.1, -0.05) is 26.7 Å². The number of hydrogen-bond donors (Lipinski definition) is 1. The molecule has 1 aromatic rings. The molecule has 0 atom stereocenters. The first-order valence-electron chi connectivity index (χ1n) is 6.01. The number of anilines is 1. The fourth-order valence-corrected chi connectivity index (χ4v) is 1.96. The Bertz CT molecular complexity index is 322. The van der Waals surface area contributed by atoms with Gasteiger partial charge < -0.3 is 5.32 Å². The van der Waals surface area contributed by atoms with Gasteiger partial charge in [0.2, 0.25) is 5.28 Å². The van der Waals surface area contributed by atoms with Gasteiger partial charge in [-0.25, -0.2) is 9.97 Å². The lowest BCUT2D eigenvalue weighted by molar-refractivity contribution is 0.748. The molecule has 0 unspecified atom stereocenters. The number of rotatable bonds is 2. The van der Waals surface area contributed by atoms with Crippen LogP contribution < -0.4 is 5.32 Å². The number of aryl methyl sites for hydroxylation is 1. The first-order valence-corrected chi connectivity index (χ1v) is 6.39. The van der Waals surface area contributed by atoms with Gasteiger partial charge in [-0.2, -0.15) is 0 Å². The normalized spacial score (nSPS) is 15.5. The van der Waals surface area contributed by atoms with Crippen molar-refractivity contribution in [1.82, 2.24) is 9.97 Å². The average Bonchev–Trinajstić information content (AvgIpc) is 2.79. The molecule has 0 bridgehead atoms. The lowest BCUT2D eigenvalue weighted by Crippen LogP contribution is -2.16. The maximum absolute atomic E-state index is 5.74. The molecule has 1 aromatic heterocycles. The van der Waals surface area contributed by atoms with E-state index in [0.717, 1.165) is 11.4 Å². The molecule has 1 N–H and O–H groups in total. The number of nitrogens with one attached hydrogen (secondary N) is 1. The molecule has 90 valence electrons. The summed E-state index contributed by atoms with van der Waals surface area (Å²) in [7, 11) is 0. The van der Waals surface area contributed by atoms with Gasteiger partial charge in [0, 0.05) is 17.8 Å². The Labute approximate surface area is 103 Å². The Hall–Kier alpha value is -0.830. The van der Waals surface area contributed by atoms with Crippen LogP contribution in [0.3, 0.4) is 0 Å².